The molecule has 0 rings (SSSR count). The van der Waals surface area contributed by atoms with Gasteiger partial charge in [-0.2, -0.15) is 0 Å². The quantitative estimate of drug-likeness (QED) is 0.541. The Morgan fingerprint density at radius 3 is 0.917 bits per heavy atom. The highest BCUT2D eigenvalue weighted by Gasteiger charge is 2.15. The molecule has 72 valence electrons. The van der Waals surface area contributed by atoms with Crippen LogP contribution < -0.4 is 0 Å². The van der Waals surface area contributed by atoms with Gasteiger partial charge >= 0.3 is 0 Å². The van der Waals surface area contributed by atoms with E-state index in [0.717, 1.165) is 0 Å². The first-order valence-corrected chi connectivity index (χ1v) is 5.28. The first-order chi connectivity index (χ1) is 5.12. The molecule has 0 aliphatic rings. The van der Waals surface area contributed by atoms with Gasteiger partial charge < -0.3 is 0 Å². The number of halogens is 6. The molecule has 0 amide bonds. The average molecular weight is 384 g/mol. The van der Waals surface area contributed by atoms with Crippen molar-refractivity contribution in [3.05, 3.63) is 0 Å². The van der Waals surface area contributed by atoms with Crippen LogP contribution in [0.15, 0.2) is 0 Å². The normalized spacial score (nSPS) is 11.2. The number of carbonyl (C=O) groups excluding carboxylic acids is 2. The van der Waals surface area contributed by atoms with E-state index in [1.54, 1.807) is 0 Å². The molecule has 0 bridgehead atoms. The number of hydrogen-bond donors (Lipinski definition) is 0. The molecule has 0 saturated carbocycles. The van der Waals surface area contributed by atoms with Crippen LogP contribution in [0.25, 0.3) is 0 Å². The molecular formula is C4H2Br2Cl4O2. The molecule has 0 aliphatic heterocycles. The lowest BCUT2D eigenvalue weighted by atomic mass is 10.9. The molecule has 8 heteroatoms. The van der Waals surface area contributed by atoms with Gasteiger partial charge in [0.2, 0.25) is 6.49 Å². The van der Waals surface area contributed by atoms with Crippen molar-refractivity contribution in [3.63, 3.8) is 0 Å². The Morgan fingerprint density at radius 1 is 0.833 bits per heavy atom. The fraction of sp³-hybridized carbons (Fsp3) is 0.500. The third-order valence-electron chi connectivity index (χ3n) is 0.267. The van der Waals surface area contributed by atoms with E-state index in [2.05, 4.69) is 31.9 Å². The first-order valence-electron chi connectivity index (χ1n) is 2.18. The third kappa shape index (κ3) is 22.5. The summed E-state index contributed by atoms with van der Waals surface area (Å²) in [5.41, 5.74) is 0. The Balaban J connectivity index is 0. The van der Waals surface area contributed by atoms with Gasteiger partial charge in [-0.05, 0) is 31.9 Å². The van der Waals surface area contributed by atoms with E-state index >= 15 is 0 Å². The van der Waals surface area contributed by atoms with Crippen molar-refractivity contribution >= 4 is 90.8 Å². The summed E-state index contributed by atoms with van der Waals surface area (Å²) in [4.78, 5) is 19.0. The molecule has 0 spiro atoms. The number of hydrogen-bond acceptors (Lipinski definition) is 2. The van der Waals surface area contributed by atoms with Gasteiger partial charge in [-0.15, -0.1) is 0 Å². The lowest BCUT2D eigenvalue weighted by molar-refractivity contribution is -0.107. The Bertz CT molecular complexity index is 132. The minimum Gasteiger partial charge on any atom is -0.299 e. The van der Waals surface area contributed by atoms with E-state index in [1.807, 2.05) is 0 Å². The summed E-state index contributed by atoms with van der Waals surface area (Å²) in [6.45, 7) is 0. The topological polar surface area (TPSA) is 34.1 Å². The van der Waals surface area contributed by atoms with E-state index < -0.39 is 6.49 Å². The first kappa shape index (κ1) is 15.9. The molecule has 12 heavy (non-hydrogen) atoms. The second-order valence-electron chi connectivity index (χ2n) is 1.32. The number of rotatable bonds is 2. The fourth-order valence-corrected chi connectivity index (χ4v) is 0. The van der Waals surface area contributed by atoms with Crippen LogP contribution in [-0.2, 0) is 9.59 Å². The standard InChI is InChI=1S/2C2HBrCl2O/c2*3-2(4,5)1-6/h2*1H. The van der Waals surface area contributed by atoms with Crippen LogP contribution in [-0.4, -0.2) is 19.1 Å². The molecule has 0 atom stereocenters. The van der Waals surface area contributed by atoms with E-state index in [4.69, 9.17) is 46.4 Å². The molecule has 0 radical (unpaired) electrons. The summed E-state index contributed by atoms with van der Waals surface area (Å²) >= 11 is 25.4. The second kappa shape index (κ2) is 6.85. The number of carbonyl (C=O) groups is 2. The molecule has 2 nitrogen and oxygen atoms in total. The second-order valence-corrected chi connectivity index (χ2v) is 8.42. The minimum absolute atomic E-state index is 0.385. The van der Waals surface area contributed by atoms with Gasteiger partial charge in [0.05, 0.1) is 0 Å². The van der Waals surface area contributed by atoms with Gasteiger partial charge in [0.15, 0.2) is 12.6 Å². The van der Waals surface area contributed by atoms with Crippen molar-refractivity contribution in [2.45, 2.75) is 6.49 Å². The van der Waals surface area contributed by atoms with Crippen molar-refractivity contribution in [1.29, 1.82) is 0 Å². The van der Waals surface area contributed by atoms with Crippen LogP contribution in [0.2, 0.25) is 0 Å². The van der Waals surface area contributed by atoms with Gasteiger partial charge in [0.1, 0.15) is 0 Å². The summed E-state index contributed by atoms with van der Waals surface area (Å²) < 4.78 is -2.76. The lowest BCUT2D eigenvalue weighted by Gasteiger charge is -1.93. The summed E-state index contributed by atoms with van der Waals surface area (Å²) in [6.07, 6.45) is 0.770. The van der Waals surface area contributed by atoms with Crippen LogP contribution in [0.1, 0.15) is 0 Å². The fourth-order valence-electron chi connectivity index (χ4n) is 0. The summed E-state index contributed by atoms with van der Waals surface area (Å²) in [7, 11) is 0. The zero-order valence-electron chi connectivity index (χ0n) is 5.24. The Labute approximate surface area is 106 Å². The van der Waals surface area contributed by atoms with E-state index in [9.17, 15) is 9.59 Å². The maximum atomic E-state index is 9.52. The van der Waals surface area contributed by atoms with Crippen molar-refractivity contribution in [2.75, 3.05) is 0 Å². The third-order valence-corrected chi connectivity index (χ3v) is 0.997. The maximum Gasteiger partial charge on any atom is 0.226 e. The van der Waals surface area contributed by atoms with Gasteiger partial charge in [0.25, 0.3) is 0 Å². The van der Waals surface area contributed by atoms with Gasteiger partial charge in [-0.1, -0.05) is 46.4 Å². The number of alkyl halides is 6. The predicted octanol–water partition coefficient (Wildman–Crippen LogP) is 3.42. The monoisotopic (exact) mass is 380 g/mol. The van der Waals surface area contributed by atoms with Crippen LogP contribution in [0.5, 0.6) is 0 Å². The SMILES string of the molecule is O=CC(Cl)(Cl)Br.O=CC(Cl)(Cl)Br. The molecule has 0 fully saturated rings. The van der Waals surface area contributed by atoms with Crippen molar-refractivity contribution < 1.29 is 9.59 Å². The zero-order chi connectivity index (χ0) is 10.4. The van der Waals surface area contributed by atoms with Crippen molar-refractivity contribution in [3.8, 4) is 0 Å². The Morgan fingerprint density at radius 2 is 0.917 bits per heavy atom. The van der Waals surface area contributed by atoms with Gasteiger partial charge in [0, 0.05) is 0 Å². The predicted molar refractivity (Wildman–Crippen MR) is 58.9 cm³/mol. The average Bonchev–Trinajstić information content (AvgIpc) is 1.86. The van der Waals surface area contributed by atoms with E-state index in [1.165, 1.54) is 0 Å². The molecule has 0 aromatic carbocycles. The largest absolute Gasteiger partial charge is 0.299 e. The smallest absolute Gasteiger partial charge is 0.226 e. The van der Waals surface area contributed by atoms with Crippen LogP contribution in [0.4, 0.5) is 0 Å². The van der Waals surface area contributed by atoms with Crippen LogP contribution in [0, 0.1) is 0 Å². The molecule has 0 saturated heterocycles. The minimum atomic E-state index is -1.38. The van der Waals surface area contributed by atoms with Crippen LogP contribution in [0.3, 0.4) is 0 Å². The summed E-state index contributed by atoms with van der Waals surface area (Å²) in [6, 6.07) is 0. The maximum absolute atomic E-state index is 9.52. The Kier molecular flexibility index (Phi) is 9.08. The van der Waals surface area contributed by atoms with Gasteiger partial charge in [-0.3, -0.25) is 9.59 Å². The Hall–Kier alpha value is 1.46. The molecule has 0 aromatic rings. The molecular weight excluding hydrogens is 382 g/mol. The highest BCUT2D eigenvalue weighted by atomic mass is 79.9. The zero-order valence-corrected chi connectivity index (χ0v) is 11.4. The van der Waals surface area contributed by atoms with Crippen LogP contribution >= 0.6 is 78.3 Å². The summed E-state index contributed by atoms with van der Waals surface area (Å²) in [5, 5.41) is 0. The molecule has 0 aliphatic carbocycles. The van der Waals surface area contributed by atoms with E-state index in [-0.39, 0.29) is 0 Å². The highest BCUT2D eigenvalue weighted by Crippen LogP contribution is 2.25. The number of aldehydes is 2. The van der Waals surface area contributed by atoms with E-state index in [0.29, 0.717) is 12.6 Å². The molecule has 0 N–H and O–H groups in total. The van der Waals surface area contributed by atoms with Crippen molar-refractivity contribution in [2.24, 2.45) is 0 Å². The molecule has 0 unspecified atom stereocenters. The molecule has 0 aromatic heterocycles. The molecule has 0 heterocycles. The van der Waals surface area contributed by atoms with Gasteiger partial charge in [-0.25, -0.2) is 0 Å². The highest BCUT2D eigenvalue weighted by molar-refractivity contribution is 9.11. The summed E-state index contributed by atoms with van der Waals surface area (Å²) in [5.74, 6) is 0. The van der Waals surface area contributed by atoms with Crippen molar-refractivity contribution in [1.82, 2.24) is 0 Å². The lowest BCUT2D eigenvalue weighted by Crippen LogP contribution is -1.99.